The van der Waals surface area contributed by atoms with Crippen molar-refractivity contribution in [1.82, 2.24) is 0 Å². The Kier molecular flexibility index (Phi) is 2.23. The van der Waals surface area contributed by atoms with Crippen molar-refractivity contribution >= 4 is 27.3 Å². The van der Waals surface area contributed by atoms with Gasteiger partial charge in [-0.25, -0.2) is 0 Å². The van der Waals surface area contributed by atoms with Crippen molar-refractivity contribution in [3.63, 3.8) is 0 Å². The van der Waals surface area contributed by atoms with E-state index in [1.54, 1.807) is 5.38 Å². The molecular formula is C10H9NO2S. The summed E-state index contributed by atoms with van der Waals surface area (Å²) >= 11 is 1.49. The summed E-state index contributed by atoms with van der Waals surface area (Å²) in [5.74, 6) is -0.714. The molecule has 0 spiro atoms. The second-order valence-electron chi connectivity index (χ2n) is 2.99. The van der Waals surface area contributed by atoms with Crippen LogP contribution in [0.4, 0.5) is 0 Å². The zero-order valence-corrected chi connectivity index (χ0v) is 8.12. The molecule has 2 rings (SSSR count). The minimum atomic E-state index is -1.20. The Bertz CT molecular complexity index is 478. The number of fused-ring (bicyclic) bond motifs is 1. The SMILES string of the molecule is NC(=O)C(O)c1csc2ccccc12. The van der Waals surface area contributed by atoms with E-state index in [9.17, 15) is 9.90 Å². The Hall–Kier alpha value is -1.39. The fraction of sp³-hybridized carbons (Fsp3) is 0.100. The molecular weight excluding hydrogens is 198 g/mol. The normalized spacial score (nSPS) is 12.9. The molecule has 0 aliphatic rings. The molecule has 3 nitrogen and oxygen atoms in total. The van der Waals surface area contributed by atoms with Gasteiger partial charge in [0, 0.05) is 10.3 Å². The number of hydrogen-bond donors (Lipinski definition) is 2. The highest BCUT2D eigenvalue weighted by Crippen LogP contribution is 2.29. The van der Waals surface area contributed by atoms with Gasteiger partial charge in [-0.2, -0.15) is 0 Å². The van der Waals surface area contributed by atoms with Gasteiger partial charge in [0.15, 0.2) is 6.10 Å². The minimum absolute atomic E-state index is 0.595. The Morgan fingerprint density at radius 3 is 2.86 bits per heavy atom. The number of rotatable bonds is 2. The number of thiophene rings is 1. The Balaban J connectivity index is 2.58. The summed E-state index contributed by atoms with van der Waals surface area (Å²) in [6.45, 7) is 0. The van der Waals surface area contributed by atoms with Crippen LogP contribution in [0.3, 0.4) is 0 Å². The average Bonchev–Trinajstić information content (AvgIpc) is 2.60. The van der Waals surface area contributed by atoms with Crippen LogP contribution in [0.15, 0.2) is 29.6 Å². The number of primary amides is 1. The number of hydrogen-bond acceptors (Lipinski definition) is 3. The lowest BCUT2D eigenvalue weighted by molar-refractivity contribution is -0.126. The quantitative estimate of drug-likeness (QED) is 0.782. The van der Waals surface area contributed by atoms with Gasteiger partial charge in [0.1, 0.15) is 0 Å². The summed E-state index contributed by atoms with van der Waals surface area (Å²) in [7, 11) is 0. The van der Waals surface area contributed by atoms with Crippen LogP contribution in [0.1, 0.15) is 11.7 Å². The molecule has 2 aromatic rings. The van der Waals surface area contributed by atoms with Gasteiger partial charge in [0.25, 0.3) is 5.91 Å². The van der Waals surface area contributed by atoms with Crippen LogP contribution in [0.25, 0.3) is 10.1 Å². The van der Waals surface area contributed by atoms with Crippen molar-refractivity contribution in [2.24, 2.45) is 5.73 Å². The van der Waals surface area contributed by atoms with Gasteiger partial charge in [-0.1, -0.05) is 18.2 Å². The fourth-order valence-corrected chi connectivity index (χ4v) is 2.34. The van der Waals surface area contributed by atoms with Crippen LogP contribution in [-0.4, -0.2) is 11.0 Å². The first-order chi connectivity index (χ1) is 6.70. The third kappa shape index (κ3) is 1.38. The maximum atomic E-state index is 10.8. The van der Waals surface area contributed by atoms with E-state index in [1.807, 2.05) is 24.3 Å². The maximum Gasteiger partial charge on any atom is 0.250 e. The largest absolute Gasteiger partial charge is 0.378 e. The fourth-order valence-electron chi connectivity index (χ4n) is 1.36. The summed E-state index contributed by atoms with van der Waals surface area (Å²) in [5, 5.41) is 12.2. The Morgan fingerprint density at radius 1 is 1.43 bits per heavy atom. The Morgan fingerprint density at radius 2 is 2.14 bits per heavy atom. The second kappa shape index (κ2) is 3.40. The highest BCUT2D eigenvalue weighted by molar-refractivity contribution is 7.17. The molecule has 14 heavy (non-hydrogen) atoms. The predicted octanol–water partition coefficient (Wildman–Crippen LogP) is 1.42. The lowest BCUT2D eigenvalue weighted by atomic mass is 10.1. The van der Waals surface area contributed by atoms with Crippen molar-refractivity contribution in [3.05, 3.63) is 35.2 Å². The second-order valence-corrected chi connectivity index (χ2v) is 3.90. The summed E-state index contributed by atoms with van der Waals surface area (Å²) in [6.07, 6.45) is -1.20. The molecule has 0 radical (unpaired) electrons. The highest BCUT2D eigenvalue weighted by atomic mass is 32.1. The van der Waals surface area contributed by atoms with Crippen LogP contribution >= 0.6 is 11.3 Å². The molecule has 0 saturated carbocycles. The summed E-state index contributed by atoms with van der Waals surface area (Å²) in [4.78, 5) is 10.8. The number of carbonyl (C=O) groups excluding carboxylic acids is 1. The molecule has 0 bridgehead atoms. The number of aliphatic hydroxyl groups is 1. The summed E-state index contributed by atoms with van der Waals surface area (Å²) in [6, 6.07) is 7.59. The van der Waals surface area contributed by atoms with Gasteiger partial charge < -0.3 is 10.8 Å². The third-order valence-corrected chi connectivity index (χ3v) is 3.06. The van der Waals surface area contributed by atoms with Gasteiger partial charge in [-0.15, -0.1) is 11.3 Å². The monoisotopic (exact) mass is 207 g/mol. The van der Waals surface area contributed by atoms with E-state index >= 15 is 0 Å². The van der Waals surface area contributed by atoms with E-state index in [-0.39, 0.29) is 0 Å². The smallest absolute Gasteiger partial charge is 0.250 e. The van der Waals surface area contributed by atoms with E-state index < -0.39 is 12.0 Å². The lowest BCUT2D eigenvalue weighted by Gasteiger charge is -2.03. The topological polar surface area (TPSA) is 63.3 Å². The predicted molar refractivity (Wildman–Crippen MR) is 56.0 cm³/mol. The number of aliphatic hydroxyl groups excluding tert-OH is 1. The van der Waals surface area contributed by atoms with Crippen LogP contribution in [-0.2, 0) is 4.79 Å². The molecule has 4 heteroatoms. The first-order valence-corrected chi connectivity index (χ1v) is 5.01. The van der Waals surface area contributed by atoms with Crippen molar-refractivity contribution < 1.29 is 9.90 Å². The van der Waals surface area contributed by atoms with Crippen LogP contribution in [0, 0.1) is 0 Å². The van der Waals surface area contributed by atoms with Gasteiger partial charge >= 0.3 is 0 Å². The van der Waals surface area contributed by atoms with Gasteiger partial charge in [0.05, 0.1) is 0 Å². The minimum Gasteiger partial charge on any atom is -0.378 e. The van der Waals surface area contributed by atoms with Crippen LogP contribution in [0.5, 0.6) is 0 Å². The first kappa shape index (κ1) is 9.18. The lowest BCUT2D eigenvalue weighted by Crippen LogP contribution is -2.20. The molecule has 1 aromatic heterocycles. The molecule has 72 valence electrons. The van der Waals surface area contributed by atoms with Crippen LogP contribution in [0.2, 0.25) is 0 Å². The molecule has 1 unspecified atom stereocenters. The van der Waals surface area contributed by atoms with Crippen LogP contribution < -0.4 is 5.73 Å². The number of benzene rings is 1. The van der Waals surface area contributed by atoms with Gasteiger partial charge in [-0.05, 0) is 16.8 Å². The molecule has 1 amide bonds. The average molecular weight is 207 g/mol. The number of carbonyl (C=O) groups is 1. The molecule has 1 aromatic carbocycles. The molecule has 0 fully saturated rings. The number of nitrogens with two attached hydrogens (primary N) is 1. The van der Waals surface area contributed by atoms with E-state index in [4.69, 9.17) is 5.73 Å². The summed E-state index contributed by atoms with van der Waals surface area (Å²) < 4.78 is 1.04. The Labute approximate surface area is 84.8 Å². The van der Waals surface area contributed by atoms with E-state index in [0.29, 0.717) is 5.56 Å². The molecule has 0 aliphatic carbocycles. The van der Waals surface area contributed by atoms with Crippen molar-refractivity contribution in [2.75, 3.05) is 0 Å². The van der Waals surface area contributed by atoms with E-state index in [1.165, 1.54) is 11.3 Å². The number of amides is 1. The van der Waals surface area contributed by atoms with Gasteiger partial charge in [-0.3, -0.25) is 4.79 Å². The third-order valence-electron chi connectivity index (χ3n) is 2.08. The molecule has 1 heterocycles. The van der Waals surface area contributed by atoms with Crippen molar-refractivity contribution in [3.8, 4) is 0 Å². The molecule has 3 N–H and O–H groups in total. The zero-order chi connectivity index (χ0) is 10.1. The molecule has 1 atom stereocenters. The highest BCUT2D eigenvalue weighted by Gasteiger charge is 2.17. The van der Waals surface area contributed by atoms with Crippen molar-refractivity contribution in [2.45, 2.75) is 6.10 Å². The maximum absolute atomic E-state index is 10.8. The van der Waals surface area contributed by atoms with E-state index in [0.717, 1.165) is 10.1 Å². The van der Waals surface area contributed by atoms with Gasteiger partial charge in [0.2, 0.25) is 0 Å². The first-order valence-electron chi connectivity index (χ1n) is 4.13. The molecule has 0 aliphatic heterocycles. The standard InChI is InChI=1S/C10H9NO2S/c11-10(13)9(12)7-5-14-8-4-2-1-3-6(7)8/h1-5,9,12H,(H2,11,13). The summed E-state index contributed by atoms with van der Waals surface area (Å²) in [5.41, 5.74) is 5.63. The zero-order valence-electron chi connectivity index (χ0n) is 7.31. The molecule has 0 saturated heterocycles. The van der Waals surface area contributed by atoms with E-state index in [2.05, 4.69) is 0 Å². The van der Waals surface area contributed by atoms with Crippen molar-refractivity contribution in [1.29, 1.82) is 0 Å².